The van der Waals surface area contributed by atoms with Crippen molar-refractivity contribution in [3.05, 3.63) is 45.9 Å². The summed E-state index contributed by atoms with van der Waals surface area (Å²) in [5.41, 5.74) is 1.91. The van der Waals surface area contributed by atoms with Gasteiger partial charge in [-0.05, 0) is 46.1 Å². The first kappa shape index (κ1) is 22.3. The maximum absolute atomic E-state index is 13.5. The zero-order valence-corrected chi connectivity index (χ0v) is 20.5. The minimum absolute atomic E-state index is 0.0103. The highest BCUT2D eigenvalue weighted by atomic mass is 32.1. The summed E-state index contributed by atoms with van der Waals surface area (Å²) >= 11 is 1.65. The van der Waals surface area contributed by atoms with Gasteiger partial charge in [-0.25, -0.2) is 0 Å². The number of methoxy groups -OCH3 is 1. The van der Waals surface area contributed by atoms with Crippen LogP contribution in [0.3, 0.4) is 0 Å². The van der Waals surface area contributed by atoms with Crippen molar-refractivity contribution in [3.63, 3.8) is 0 Å². The lowest BCUT2D eigenvalue weighted by atomic mass is 10.1. The van der Waals surface area contributed by atoms with E-state index in [-0.39, 0.29) is 30.3 Å². The molecule has 1 aromatic carbocycles. The summed E-state index contributed by atoms with van der Waals surface area (Å²) in [6, 6.07) is 7.89. The topological polar surface area (TPSA) is 63.3 Å². The van der Waals surface area contributed by atoms with Crippen LogP contribution in [0.1, 0.15) is 45.7 Å². The molecule has 7 nitrogen and oxygen atoms in total. The number of likely N-dealkylation sites (N-methyl/N-ethyl adjacent to an activating group) is 1. The van der Waals surface area contributed by atoms with Crippen molar-refractivity contribution in [3.8, 4) is 17.2 Å². The minimum Gasteiger partial charge on any atom is -0.493 e. The molecule has 1 unspecified atom stereocenters. The molecule has 8 heteroatoms. The average Bonchev–Trinajstić information content (AvgIpc) is 3.38. The van der Waals surface area contributed by atoms with E-state index in [0.717, 1.165) is 16.3 Å². The minimum atomic E-state index is -0.308. The number of fused-ring (bicyclic) bond motifs is 3. The van der Waals surface area contributed by atoms with Crippen LogP contribution in [-0.2, 0) is 4.79 Å². The number of hydrogen-bond acceptors (Lipinski definition) is 7. The van der Waals surface area contributed by atoms with Crippen molar-refractivity contribution in [1.29, 1.82) is 0 Å². The summed E-state index contributed by atoms with van der Waals surface area (Å²) in [6.45, 7) is 10.3. The largest absolute Gasteiger partial charge is 0.493 e. The zero-order valence-electron chi connectivity index (χ0n) is 19.7. The number of amides is 1. The number of benzene rings is 1. The van der Waals surface area contributed by atoms with Gasteiger partial charge in [-0.2, -0.15) is 0 Å². The first-order valence-corrected chi connectivity index (χ1v) is 11.6. The normalized spacial score (nSPS) is 17.5. The van der Waals surface area contributed by atoms with Crippen LogP contribution in [0.2, 0.25) is 0 Å². The molecule has 0 aliphatic carbocycles. The third kappa shape index (κ3) is 3.88. The lowest BCUT2D eigenvalue weighted by Gasteiger charge is -2.34. The summed E-state index contributed by atoms with van der Waals surface area (Å²) in [6.07, 6.45) is -0.218. The van der Waals surface area contributed by atoms with Gasteiger partial charge in [-0.1, -0.05) is 6.07 Å². The van der Waals surface area contributed by atoms with E-state index in [0.29, 0.717) is 22.9 Å². The highest BCUT2D eigenvalue weighted by molar-refractivity contribution is 7.10. The molecule has 0 saturated heterocycles. The van der Waals surface area contributed by atoms with Gasteiger partial charge >= 0.3 is 0 Å². The molecule has 1 atom stereocenters. The molecule has 4 rings (SSSR count). The van der Waals surface area contributed by atoms with E-state index < -0.39 is 0 Å². The van der Waals surface area contributed by atoms with E-state index in [2.05, 4.69) is 16.3 Å². The third-order valence-electron chi connectivity index (χ3n) is 5.69. The lowest BCUT2D eigenvalue weighted by molar-refractivity contribution is -0.130. The maximum Gasteiger partial charge on any atom is 0.272 e. The molecule has 0 radical (unpaired) electrons. The van der Waals surface area contributed by atoms with Gasteiger partial charge in [-0.3, -0.25) is 4.79 Å². The second-order valence-electron chi connectivity index (χ2n) is 9.22. The van der Waals surface area contributed by atoms with E-state index >= 15 is 0 Å². The van der Waals surface area contributed by atoms with Gasteiger partial charge in [-0.15, -0.1) is 11.3 Å². The van der Waals surface area contributed by atoms with E-state index in [9.17, 15) is 4.79 Å². The van der Waals surface area contributed by atoms with E-state index in [1.807, 2.05) is 65.2 Å². The summed E-state index contributed by atoms with van der Waals surface area (Å²) in [4.78, 5) is 18.5. The number of nitrogens with zero attached hydrogens (tertiary/aromatic N) is 2. The molecule has 2 aromatic rings. The second-order valence-corrected chi connectivity index (χ2v) is 10.2. The Labute approximate surface area is 193 Å². The van der Waals surface area contributed by atoms with Gasteiger partial charge < -0.3 is 29.3 Å². The smallest absolute Gasteiger partial charge is 0.272 e. The number of carbonyl (C=O) groups excluding carboxylic acids is 1. The molecule has 3 heterocycles. The van der Waals surface area contributed by atoms with E-state index in [4.69, 9.17) is 14.2 Å². The number of thiophene rings is 1. The van der Waals surface area contributed by atoms with Crippen LogP contribution in [0.5, 0.6) is 17.2 Å². The molecule has 32 heavy (non-hydrogen) atoms. The van der Waals surface area contributed by atoms with Gasteiger partial charge in [0.05, 0.1) is 24.6 Å². The average molecular weight is 458 g/mol. The molecular weight excluding hydrogens is 426 g/mol. The molecule has 0 saturated carbocycles. The quantitative estimate of drug-likeness (QED) is 0.713. The van der Waals surface area contributed by atoms with Gasteiger partial charge in [0.1, 0.15) is 24.2 Å². The Morgan fingerprint density at radius 3 is 2.66 bits per heavy atom. The molecule has 1 N–H and O–H groups in total. The Hall–Kier alpha value is -2.87. The molecule has 1 amide bonds. The summed E-state index contributed by atoms with van der Waals surface area (Å²) < 4.78 is 17.7. The Morgan fingerprint density at radius 1 is 1.31 bits per heavy atom. The Kier molecular flexibility index (Phi) is 5.75. The summed E-state index contributed by atoms with van der Waals surface area (Å²) in [5, 5.41) is 5.53. The predicted octanol–water partition coefficient (Wildman–Crippen LogP) is 4.51. The Balaban J connectivity index is 1.84. The van der Waals surface area contributed by atoms with Crippen LogP contribution in [0.4, 0.5) is 5.69 Å². The standard InChI is InChI=1S/C24H31N3O4S/c1-14(2)31-19-11-15-17(12-18(19)29-7)30-13-16-21(23(28)26(6)24(3,4)5)25-22(27(15)16)20-9-8-10-32-20/h8-12,14,22,25H,13H2,1-7H3. The van der Waals surface area contributed by atoms with Crippen LogP contribution in [0.25, 0.3) is 0 Å². The summed E-state index contributed by atoms with van der Waals surface area (Å²) in [5.74, 6) is 1.90. The molecule has 2 aliphatic heterocycles. The fraction of sp³-hybridized carbons (Fsp3) is 0.458. The van der Waals surface area contributed by atoms with Gasteiger partial charge in [0.15, 0.2) is 11.5 Å². The molecule has 2 aliphatic rings. The van der Waals surface area contributed by atoms with Crippen molar-refractivity contribution >= 4 is 22.9 Å². The highest BCUT2D eigenvalue weighted by Crippen LogP contribution is 2.49. The Morgan fingerprint density at radius 2 is 2.06 bits per heavy atom. The lowest BCUT2D eigenvalue weighted by Crippen LogP contribution is -2.45. The number of carbonyl (C=O) groups is 1. The van der Waals surface area contributed by atoms with Gasteiger partial charge in [0.25, 0.3) is 5.91 Å². The SMILES string of the molecule is COc1cc2c(cc1OC(C)C)N1C(=C(C(=O)N(C)C(C)(C)C)NC1c1cccs1)CO2. The molecule has 0 fully saturated rings. The first-order chi connectivity index (χ1) is 15.1. The number of anilines is 1. The second kappa shape index (κ2) is 8.24. The van der Waals surface area contributed by atoms with Crippen molar-refractivity contribution in [1.82, 2.24) is 10.2 Å². The fourth-order valence-electron chi connectivity index (χ4n) is 3.78. The van der Waals surface area contributed by atoms with Crippen LogP contribution in [0.15, 0.2) is 41.0 Å². The van der Waals surface area contributed by atoms with Gasteiger partial charge in [0.2, 0.25) is 0 Å². The molecule has 0 spiro atoms. The van der Waals surface area contributed by atoms with E-state index in [1.165, 1.54) is 0 Å². The van der Waals surface area contributed by atoms with Crippen LogP contribution >= 0.6 is 11.3 Å². The number of rotatable bonds is 5. The van der Waals surface area contributed by atoms with E-state index in [1.54, 1.807) is 23.3 Å². The third-order valence-corrected chi connectivity index (χ3v) is 6.61. The monoisotopic (exact) mass is 457 g/mol. The fourth-order valence-corrected chi connectivity index (χ4v) is 4.54. The number of nitrogens with one attached hydrogen (secondary N) is 1. The van der Waals surface area contributed by atoms with Crippen molar-refractivity contribution in [2.75, 3.05) is 25.7 Å². The predicted molar refractivity (Wildman–Crippen MR) is 126 cm³/mol. The molecular formula is C24H31N3O4S. The van der Waals surface area contributed by atoms with Crippen LogP contribution in [-0.4, -0.2) is 43.2 Å². The van der Waals surface area contributed by atoms with Crippen molar-refractivity contribution in [2.24, 2.45) is 0 Å². The van der Waals surface area contributed by atoms with Crippen LogP contribution in [0, 0.1) is 0 Å². The highest BCUT2D eigenvalue weighted by Gasteiger charge is 2.43. The van der Waals surface area contributed by atoms with Gasteiger partial charge in [0, 0.05) is 29.6 Å². The molecule has 172 valence electrons. The van der Waals surface area contributed by atoms with Crippen LogP contribution < -0.4 is 24.4 Å². The first-order valence-electron chi connectivity index (χ1n) is 10.7. The summed E-state index contributed by atoms with van der Waals surface area (Å²) in [7, 11) is 3.45. The molecule has 0 bridgehead atoms. The van der Waals surface area contributed by atoms with Crippen molar-refractivity contribution in [2.45, 2.75) is 52.4 Å². The molecule has 1 aromatic heterocycles. The number of ether oxygens (including phenoxy) is 3. The zero-order chi connectivity index (χ0) is 23.2. The van der Waals surface area contributed by atoms with Crippen molar-refractivity contribution < 1.29 is 19.0 Å². The number of hydrogen-bond donors (Lipinski definition) is 1. The Bertz CT molecular complexity index is 1040. The maximum atomic E-state index is 13.5.